The molecule has 0 spiro atoms. The van der Waals surface area contributed by atoms with Gasteiger partial charge in [0.25, 0.3) is 5.69 Å². The molecule has 0 saturated heterocycles. The van der Waals surface area contributed by atoms with Crippen molar-refractivity contribution in [3.05, 3.63) is 48.3 Å². The van der Waals surface area contributed by atoms with E-state index in [1.165, 1.54) is 18.2 Å². The van der Waals surface area contributed by atoms with Gasteiger partial charge in [-0.3, -0.25) is 0 Å². The summed E-state index contributed by atoms with van der Waals surface area (Å²) in [5.74, 6) is 0.283. The molecule has 0 bridgehead atoms. The number of aromatic nitrogens is 1. The van der Waals surface area contributed by atoms with Crippen molar-refractivity contribution < 1.29 is 14.8 Å². The molecule has 3 nitrogen and oxygen atoms in total. The number of rotatable bonds is 1. The monoisotopic (exact) mass is 202 g/mol. The maximum absolute atomic E-state index is 9.68. The van der Waals surface area contributed by atoms with E-state index in [-0.39, 0.29) is 11.5 Å². The van der Waals surface area contributed by atoms with Crippen LogP contribution in [0, 0.1) is 6.92 Å². The molecule has 0 atom stereocenters. The minimum absolute atomic E-state index is 0.138. The average Bonchev–Trinajstić information content (AvgIpc) is 2.23. The van der Waals surface area contributed by atoms with Crippen LogP contribution in [0.4, 0.5) is 0 Å². The van der Waals surface area contributed by atoms with Gasteiger partial charge >= 0.3 is 0 Å². The molecule has 3 heteroatoms. The zero-order valence-electron chi connectivity index (χ0n) is 8.38. The van der Waals surface area contributed by atoms with Gasteiger partial charge in [-0.25, -0.2) is 0 Å². The predicted molar refractivity (Wildman–Crippen MR) is 56.0 cm³/mol. The van der Waals surface area contributed by atoms with Gasteiger partial charge in [0, 0.05) is 19.1 Å². The maximum Gasteiger partial charge on any atom is 0.256 e. The van der Waals surface area contributed by atoms with E-state index in [2.05, 4.69) is 0 Å². The molecule has 1 aromatic heterocycles. The van der Waals surface area contributed by atoms with Gasteiger partial charge in [0.05, 0.1) is 6.07 Å². The van der Waals surface area contributed by atoms with Crippen molar-refractivity contribution in [1.82, 2.24) is 0 Å². The molecule has 0 fully saturated rings. The Labute approximate surface area is 87.9 Å². The molecule has 76 valence electrons. The molecule has 1 aromatic carbocycles. The SMILES string of the molecule is Cc1cccc[n+]1-c1cc(O)ccc1O. The second kappa shape index (κ2) is 3.61. The van der Waals surface area contributed by atoms with Crippen LogP contribution in [0.1, 0.15) is 5.69 Å². The van der Waals surface area contributed by atoms with Gasteiger partial charge < -0.3 is 10.2 Å². The van der Waals surface area contributed by atoms with E-state index < -0.39 is 0 Å². The van der Waals surface area contributed by atoms with Crippen LogP contribution >= 0.6 is 0 Å². The number of phenolic OH excluding ortho intramolecular Hbond substituents is 2. The summed E-state index contributed by atoms with van der Waals surface area (Å²) >= 11 is 0. The lowest BCUT2D eigenvalue weighted by molar-refractivity contribution is -0.603. The van der Waals surface area contributed by atoms with E-state index >= 15 is 0 Å². The van der Waals surface area contributed by atoms with Crippen molar-refractivity contribution in [1.29, 1.82) is 0 Å². The lowest BCUT2D eigenvalue weighted by Crippen LogP contribution is -2.33. The zero-order chi connectivity index (χ0) is 10.8. The number of hydrogen-bond acceptors (Lipinski definition) is 2. The number of aryl methyl sites for hydroxylation is 1. The van der Waals surface area contributed by atoms with Crippen molar-refractivity contribution in [2.75, 3.05) is 0 Å². The van der Waals surface area contributed by atoms with Crippen LogP contribution in [0.2, 0.25) is 0 Å². The fraction of sp³-hybridized carbons (Fsp3) is 0.0833. The molecule has 15 heavy (non-hydrogen) atoms. The highest BCUT2D eigenvalue weighted by molar-refractivity contribution is 5.44. The maximum atomic E-state index is 9.68. The third-order valence-corrected chi connectivity index (χ3v) is 2.28. The van der Waals surface area contributed by atoms with Gasteiger partial charge in [-0.1, -0.05) is 6.07 Å². The summed E-state index contributed by atoms with van der Waals surface area (Å²) in [7, 11) is 0. The zero-order valence-corrected chi connectivity index (χ0v) is 8.38. The molecule has 0 radical (unpaired) electrons. The summed E-state index contributed by atoms with van der Waals surface area (Å²) in [6.07, 6.45) is 1.84. The second-order valence-corrected chi connectivity index (χ2v) is 3.39. The molecule has 1 heterocycles. The molecule has 2 rings (SSSR count). The van der Waals surface area contributed by atoms with Crippen molar-refractivity contribution in [3.63, 3.8) is 0 Å². The topological polar surface area (TPSA) is 44.3 Å². The summed E-state index contributed by atoms with van der Waals surface area (Å²) in [4.78, 5) is 0. The molecule has 0 aliphatic heterocycles. The third kappa shape index (κ3) is 1.76. The molecule has 2 aromatic rings. The quantitative estimate of drug-likeness (QED) is 0.546. The first-order valence-electron chi connectivity index (χ1n) is 4.68. The van der Waals surface area contributed by atoms with Crippen molar-refractivity contribution in [2.24, 2.45) is 0 Å². The molecule has 2 N–H and O–H groups in total. The first kappa shape index (κ1) is 9.52. The molecule has 0 aliphatic rings. The lowest BCUT2D eigenvalue weighted by Gasteiger charge is -2.01. The first-order valence-corrected chi connectivity index (χ1v) is 4.68. The Kier molecular flexibility index (Phi) is 2.29. The van der Waals surface area contributed by atoms with Gasteiger partial charge in [0.15, 0.2) is 17.6 Å². The molecule has 0 unspecified atom stereocenters. The summed E-state index contributed by atoms with van der Waals surface area (Å²) in [5.41, 5.74) is 1.56. The predicted octanol–water partition coefficient (Wildman–Crippen LogP) is 1.68. The number of pyridine rings is 1. The Morgan fingerprint density at radius 2 is 1.87 bits per heavy atom. The highest BCUT2D eigenvalue weighted by atomic mass is 16.3. The minimum Gasteiger partial charge on any atom is -0.508 e. The van der Waals surface area contributed by atoms with Crippen molar-refractivity contribution >= 4 is 0 Å². The number of nitrogens with zero attached hydrogens (tertiary/aromatic N) is 1. The highest BCUT2D eigenvalue weighted by Crippen LogP contribution is 2.22. The molecule has 0 saturated carbocycles. The molecule has 0 aliphatic carbocycles. The Hall–Kier alpha value is -2.03. The Balaban J connectivity index is 2.64. The van der Waals surface area contributed by atoms with E-state index in [0.717, 1.165) is 5.69 Å². The van der Waals surface area contributed by atoms with E-state index in [1.807, 2.05) is 35.9 Å². The summed E-state index contributed by atoms with van der Waals surface area (Å²) in [5, 5.41) is 19.0. The van der Waals surface area contributed by atoms with E-state index in [9.17, 15) is 10.2 Å². The van der Waals surface area contributed by atoms with Crippen LogP contribution in [0.5, 0.6) is 11.5 Å². The molecule has 0 amide bonds. The third-order valence-electron chi connectivity index (χ3n) is 2.28. The van der Waals surface area contributed by atoms with E-state index in [0.29, 0.717) is 5.69 Å². The standard InChI is InChI=1S/C12H11NO2/c1-9-4-2-3-7-13(9)11-8-10(14)5-6-12(11)15/h2-8H,1H3,(H-,14,15)/p+1. The Morgan fingerprint density at radius 1 is 1.07 bits per heavy atom. The molecular weight excluding hydrogens is 190 g/mol. The number of aromatic hydroxyl groups is 2. The fourth-order valence-corrected chi connectivity index (χ4v) is 1.50. The highest BCUT2D eigenvalue weighted by Gasteiger charge is 2.14. The van der Waals surface area contributed by atoms with Gasteiger partial charge in [0.1, 0.15) is 5.75 Å². The lowest BCUT2D eigenvalue weighted by atomic mass is 10.2. The minimum atomic E-state index is 0.138. The van der Waals surface area contributed by atoms with Gasteiger partial charge in [0.2, 0.25) is 0 Å². The summed E-state index contributed by atoms with van der Waals surface area (Å²) in [6, 6.07) is 10.2. The van der Waals surface area contributed by atoms with Crippen LogP contribution in [0.15, 0.2) is 42.6 Å². The number of hydrogen-bond donors (Lipinski definition) is 2. The summed E-state index contributed by atoms with van der Waals surface area (Å²) in [6.45, 7) is 1.93. The summed E-state index contributed by atoms with van der Waals surface area (Å²) < 4.78 is 1.81. The van der Waals surface area contributed by atoms with Crippen LogP contribution in [-0.4, -0.2) is 10.2 Å². The van der Waals surface area contributed by atoms with Gasteiger partial charge in [-0.15, -0.1) is 0 Å². The van der Waals surface area contributed by atoms with Crippen LogP contribution < -0.4 is 4.57 Å². The van der Waals surface area contributed by atoms with E-state index in [4.69, 9.17) is 0 Å². The van der Waals surface area contributed by atoms with Gasteiger partial charge in [-0.2, -0.15) is 4.57 Å². The first-order chi connectivity index (χ1) is 7.18. The average molecular weight is 202 g/mol. The second-order valence-electron chi connectivity index (χ2n) is 3.39. The van der Waals surface area contributed by atoms with E-state index in [1.54, 1.807) is 0 Å². The normalized spacial score (nSPS) is 10.2. The van der Waals surface area contributed by atoms with Crippen LogP contribution in [0.3, 0.4) is 0 Å². The van der Waals surface area contributed by atoms with Crippen LogP contribution in [0.25, 0.3) is 5.69 Å². The van der Waals surface area contributed by atoms with Gasteiger partial charge in [-0.05, 0) is 12.1 Å². The number of benzene rings is 1. The van der Waals surface area contributed by atoms with Crippen molar-refractivity contribution in [3.8, 4) is 17.2 Å². The largest absolute Gasteiger partial charge is 0.508 e. The fourth-order valence-electron chi connectivity index (χ4n) is 1.50. The Bertz CT molecular complexity index is 495. The van der Waals surface area contributed by atoms with Crippen molar-refractivity contribution in [2.45, 2.75) is 6.92 Å². The smallest absolute Gasteiger partial charge is 0.256 e. The Morgan fingerprint density at radius 3 is 2.60 bits per heavy atom. The molecular formula is C12H12NO2+. The van der Waals surface area contributed by atoms with Crippen LogP contribution in [-0.2, 0) is 0 Å². The number of phenols is 2.